The molecule has 2 aromatic rings. The molecule has 0 spiro atoms. The molecule has 0 aliphatic heterocycles. The fourth-order valence-electron chi connectivity index (χ4n) is 2.05. The van der Waals surface area contributed by atoms with E-state index in [1.54, 1.807) is 11.3 Å². The summed E-state index contributed by atoms with van der Waals surface area (Å²) in [4.78, 5) is 12.6. The first-order chi connectivity index (χ1) is 9.77. The van der Waals surface area contributed by atoms with Gasteiger partial charge in [-0.05, 0) is 18.4 Å². The Bertz CT molecular complexity index is 587. The van der Waals surface area contributed by atoms with Gasteiger partial charge in [-0.1, -0.05) is 26.8 Å². The van der Waals surface area contributed by atoms with Gasteiger partial charge in [0.25, 0.3) is 0 Å². The molecule has 2 N–H and O–H groups in total. The van der Waals surface area contributed by atoms with Gasteiger partial charge >= 0.3 is 0 Å². The monoisotopic (exact) mass is 304 g/mol. The van der Waals surface area contributed by atoms with Crippen LogP contribution >= 0.6 is 11.3 Å². The zero-order valence-corrected chi connectivity index (χ0v) is 14.2. The summed E-state index contributed by atoms with van der Waals surface area (Å²) in [5.41, 5.74) is 5.85. The van der Waals surface area contributed by atoms with E-state index in [2.05, 4.69) is 62.1 Å². The van der Waals surface area contributed by atoms with Crippen molar-refractivity contribution in [1.29, 1.82) is 0 Å². The summed E-state index contributed by atoms with van der Waals surface area (Å²) in [5.74, 6) is 2.20. The fourth-order valence-corrected chi connectivity index (χ4v) is 2.88. The summed E-state index contributed by atoms with van der Waals surface area (Å²) < 4.78 is 0. The van der Waals surface area contributed by atoms with Gasteiger partial charge in [-0.15, -0.1) is 11.3 Å². The molecule has 0 fully saturated rings. The Morgan fingerprint density at radius 2 is 2.05 bits per heavy atom. The van der Waals surface area contributed by atoms with Crippen LogP contribution in [-0.4, -0.2) is 23.1 Å². The van der Waals surface area contributed by atoms with Crippen LogP contribution in [-0.2, 0) is 11.8 Å². The molecule has 2 rings (SSSR count). The number of rotatable bonds is 4. The fraction of sp³-hybridized carbons (Fsp3) is 0.500. The van der Waals surface area contributed by atoms with Crippen molar-refractivity contribution in [1.82, 2.24) is 9.97 Å². The second-order valence-electron chi connectivity index (χ2n) is 6.47. The number of thiophene rings is 1. The molecule has 0 amide bonds. The number of hydrogen-bond acceptors (Lipinski definition) is 5. The molecule has 2 heterocycles. The van der Waals surface area contributed by atoms with Gasteiger partial charge in [0.1, 0.15) is 17.5 Å². The van der Waals surface area contributed by atoms with Crippen LogP contribution in [0, 0.1) is 0 Å². The first-order valence-corrected chi connectivity index (χ1v) is 8.05. The van der Waals surface area contributed by atoms with Gasteiger partial charge in [0.2, 0.25) is 0 Å². The summed E-state index contributed by atoms with van der Waals surface area (Å²) in [7, 11) is 2.06. The largest absolute Gasteiger partial charge is 0.384 e. The lowest BCUT2D eigenvalue weighted by Crippen LogP contribution is -2.32. The highest BCUT2D eigenvalue weighted by molar-refractivity contribution is 7.09. The van der Waals surface area contributed by atoms with E-state index < -0.39 is 0 Å². The molecule has 0 bridgehead atoms. The van der Waals surface area contributed by atoms with Crippen LogP contribution in [0.5, 0.6) is 0 Å². The Labute approximate surface area is 131 Å². The predicted octanol–water partition coefficient (Wildman–Crippen LogP) is 3.49. The molecule has 1 unspecified atom stereocenters. The first-order valence-electron chi connectivity index (χ1n) is 7.17. The van der Waals surface area contributed by atoms with Gasteiger partial charge < -0.3 is 10.6 Å². The highest BCUT2D eigenvalue weighted by atomic mass is 32.1. The molecule has 0 saturated carbocycles. The third kappa shape index (κ3) is 3.94. The average Bonchev–Trinajstić information content (AvgIpc) is 2.88. The van der Waals surface area contributed by atoms with Crippen LogP contribution in [0.3, 0.4) is 0 Å². The highest BCUT2D eigenvalue weighted by Crippen LogP contribution is 2.24. The van der Waals surface area contributed by atoms with E-state index in [0.29, 0.717) is 11.9 Å². The highest BCUT2D eigenvalue weighted by Gasteiger charge is 2.21. The quantitative estimate of drug-likeness (QED) is 0.939. The summed E-state index contributed by atoms with van der Waals surface area (Å²) in [6.45, 7) is 8.50. The van der Waals surface area contributed by atoms with Crippen LogP contribution in [0.1, 0.15) is 38.4 Å². The molecule has 1 atom stereocenters. The number of nitrogen functional groups attached to an aromatic ring is 1. The van der Waals surface area contributed by atoms with Crippen molar-refractivity contribution >= 4 is 23.0 Å². The second kappa shape index (κ2) is 6.02. The van der Waals surface area contributed by atoms with E-state index in [9.17, 15) is 0 Å². The standard InChI is InChI=1S/C16H24N4S/c1-11(9-12-7-6-8-21-12)20(5)14-10-13(17)18-15(19-14)16(2,3)4/h6-8,10-11H,9H2,1-5H3,(H2,17,18,19). The minimum atomic E-state index is -0.109. The van der Waals surface area contributed by atoms with Gasteiger partial charge in [0.15, 0.2) is 0 Å². The van der Waals surface area contributed by atoms with Gasteiger partial charge in [0, 0.05) is 35.9 Å². The van der Waals surface area contributed by atoms with Gasteiger partial charge in [-0.3, -0.25) is 0 Å². The summed E-state index contributed by atoms with van der Waals surface area (Å²) in [6, 6.07) is 6.46. The maximum Gasteiger partial charge on any atom is 0.138 e. The van der Waals surface area contributed by atoms with Crippen LogP contribution in [0.25, 0.3) is 0 Å². The van der Waals surface area contributed by atoms with Crippen molar-refractivity contribution in [3.63, 3.8) is 0 Å². The van der Waals surface area contributed by atoms with Crippen LogP contribution < -0.4 is 10.6 Å². The van der Waals surface area contributed by atoms with E-state index in [0.717, 1.165) is 18.1 Å². The zero-order chi connectivity index (χ0) is 15.6. The predicted molar refractivity (Wildman–Crippen MR) is 91.0 cm³/mol. The van der Waals surface area contributed by atoms with Gasteiger partial charge in [0.05, 0.1) is 0 Å². The van der Waals surface area contributed by atoms with E-state index in [1.807, 2.05) is 6.07 Å². The smallest absolute Gasteiger partial charge is 0.138 e. The zero-order valence-electron chi connectivity index (χ0n) is 13.4. The Morgan fingerprint density at radius 1 is 1.33 bits per heavy atom. The number of likely N-dealkylation sites (N-methyl/N-ethyl adjacent to an activating group) is 1. The maximum atomic E-state index is 5.95. The molecule has 0 aromatic carbocycles. The maximum absolute atomic E-state index is 5.95. The lowest BCUT2D eigenvalue weighted by Gasteiger charge is -2.27. The number of aromatic nitrogens is 2. The van der Waals surface area contributed by atoms with Crippen molar-refractivity contribution in [3.05, 3.63) is 34.3 Å². The van der Waals surface area contributed by atoms with Crippen LogP contribution in [0.2, 0.25) is 0 Å². The number of nitrogens with two attached hydrogens (primary N) is 1. The van der Waals surface area contributed by atoms with E-state index >= 15 is 0 Å². The third-order valence-electron chi connectivity index (χ3n) is 3.50. The Morgan fingerprint density at radius 3 is 2.62 bits per heavy atom. The minimum absolute atomic E-state index is 0.109. The van der Waals surface area contributed by atoms with Crippen molar-refractivity contribution in [2.45, 2.75) is 45.6 Å². The lowest BCUT2D eigenvalue weighted by atomic mass is 9.96. The molecule has 114 valence electrons. The Balaban J connectivity index is 2.22. The molecule has 0 aliphatic rings. The first kappa shape index (κ1) is 15.8. The Hall–Kier alpha value is -1.62. The summed E-state index contributed by atoms with van der Waals surface area (Å²) in [6.07, 6.45) is 1.00. The lowest BCUT2D eigenvalue weighted by molar-refractivity contribution is 0.543. The number of hydrogen-bond donors (Lipinski definition) is 1. The van der Waals surface area contributed by atoms with Crippen molar-refractivity contribution in [2.24, 2.45) is 0 Å². The minimum Gasteiger partial charge on any atom is -0.384 e. The topological polar surface area (TPSA) is 55.0 Å². The van der Waals surface area contributed by atoms with E-state index in [-0.39, 0.29) is 5.41 Å². The van der Waals surface area contributed by atoms with Gasteiger partial charge in [-0.2, -0.15) is 0 Å². The normalized spacial score (nSPS) is 13.2. The molecule has 21 heavy (non-hydrogen) atoms. The van der Waals surface area contributed by atoms with Crippen molar-refractivity contribution in [2.75, 3.05) is 17.7 Å². The van der Waals surface area contributed by atoms with Crippen LogP contribution in [0.15, 0.2) is 23.6 Å². The molecule has 2 aromatic heterocycles. The third-order valence-corrected chi connectivity index (χ3v) is 4.40. The van der Waals surface area contributed by atoms with E-state index in [1.165, 1.54) is 4.88 Å². The van der Waals surface area contributed by atoms with Crippen molar-refractivity contribution < 1.29 is 0 Å². The van der Waals surface area contributed by atoms with Gasteiger partial charge in [-0.25, -0.2) is 9.97 Å². The summed E-state index contributed by atoms with van der Waals surface area (Å²) >= 11 is 1.79. The molecule has 0 aliphatic carbocycles. The molecular weight excluding hydrogens is 280 g/mol. The van der Waals surface area contributed by atoms with Crippen LogP contribution in [0.4, 0.5) is 11.6 Å². The SMILES string of the molecule is CC(Cc1cccs1)N(C)c1cc(N)nc(C(C)(C)C)n1. The number of anilines is 2. The van der Waals surface area contributed by atoms with Crippen molar-refractivity contribution in [3.8, 4) is 0 Å². The molecule has 4 nitrogen and oxygen atoms in total. The Kier molecular flexibility index (Phi) is 4.52. The summed E-state index contributed by atoms with van der Waals surface area (Å²) in [5, 5.41) is 2.11. The second-order valence-corrected chi connectivity index (χ2v) is 7.50. The molecule has 0 saturated heterocycles. The molecular formula is C16H24N4S. The van der Waals surface area contributed by atoms with E-state index in [4.69, 9.17) is 10.7 Å². The number of nitrogens with zero attached hydrogens (tertiary/aromatic N) is 3. The molecule has 5 heteroatoms. The molecule has 0 radical (unpaired) electrons. The average molecular weight is 304 g/mol.